The third-order valence-corrected chi connectivity index (χ3v) is 2.68. The fraction of sp³-hybridized carbons (Fsp3) is 0. The number of nitrogens with two attached hydrogens (primary N) is 2. The van der Waals surface area contributed by atoms with Gasteiger partial charge >= 0.3 is 0 Å². The minimum Gasteiger partial charge on any atom is -0.399 e. The zero-order valence-corrected chi connectivity index (χ0v) is 9.17. The van der Waals surface area contributed by atoms with Crippen LogP contribution in [0.1, 0.15) is 0 Å². The Kier molecular flexibility index (Phi) is 2.01. The summed E-state index contributed by atoms with van der Waals surface area (Å²) in [5.74, 6) is 0. The molecule has 3 aromatic rings. The highest BCUT2D eigenvalue weighted by atomic mass is 15.0. The van der Waals surface area contributed by atoms with Gasteiger partial charge in [0.15, 0.2) is 0 Å². The molecule has 0 aliphatic carbocycles. The first-order chi connectivity index (χ1) is 8.22. The van der Waals surface area contributed by atoms with Crippen LogP contribution in [0.4, 0.5) is 11.4 Å². The van der Waals surface area contributed by atoms with Gasteiger partial charge in [-0.3, -0.25) is 0 Å². The van der Waals surface area contributed by atoms with Crippen LogP contribution in [0.3, 0.4) is 0 Å². The molecule has 2 heterocycles. The van der Waals surface area contributed by atoms with Crippen molar-refractivity contribution in [3.8, 4) is 11.3 Å². The second-order valence-corrected chi connectivity index (χ2v) is 3.98. The highest BCUT2D eigenvalue weighted by Gasteiger charge is 2.03. The van der Waals surface area contributed by atoms with E-state index in [2.05, 4.69) is 4.98 Å². The molecule has 0 bridgehead atoms. The van der Waals surface area contributed by atoms with E-state index in [0.29, 0.717) is 0 Å². The molecule has 0 saturated carbocycles. The van der Waals surface area contributed by atoms with Crippen LogP contribution in [0.25, 0.3) is 16.9 Å². The van der Waals surface area contributed by atoms with Crippen molar-refractivity contribution in [1.29, 1.82) is 0 Å². The minimum atomic E-state index is 0.721. The Morgan fingerprint density at radius 3 is 2.29 bits per heavy atom. The average Bonchev–Trinajstić information content (AvgIpc) is 2.72. The number of aromatic nitrogens is 2. The largest absolute Gasteiger partial charge is 0.399 e. The third-order valence-electron chi connectivity index (χ3n) is 2.68. The number of rotatable bonds is 1. The van der Waals surface area contributed by atoms with Crippen molar-refractivity contribution in [3.63, 3.8) is 0 Å². The number of anilines is 2. The molecule has 1 aromatic carbocycles. The van der Waals surface area contributed by atoms with Crippen molar-refractivity contribution in [3.05, 3.63) is 48.8 Å². The van der Waals surface area contributed by atoms with Gasteiger partial charge in [-0.2, -0.15) is 0 Å². The first-order valence-electron chi connectivity index (χ1n) is 5.32. The van der Waals surface area contributed by atoms with Gasteiger partial charge in [0.05, 0.1) is 5.69 Å². The predicted octanol–water partition coefficient (Wildman–Crippen LogP) is 2.17. The highest BCUT2D eigenvalue weighted by Crippen LogP contribution is 2.20. The number of benzene rings is 1. The molecule has 0 amide bonds. The summed E-state index contributed by atoms with van der Waals surface area (Å²) in [4.78, 5) is 4.52. The van der Waals surface area contributed by atoms with E-state index in [4.69, 9.17) is 11.5 Å². The zero-order valence-electron chi connectivity index (χ0n) is 9.17. The van der Waals surface area contributed by atoms with Gasteiger partial charge in [-0.05, 0) is 24.3 Å². The van der Waals surface area contributed by atoms with Crippen LogP contribution < -0.4 is 11.5 Å². The maximum atomic E-state index is 5.73. The molecule has 0 spiro atoms. The van der Waals surface area contributed by atoms with Crippen LogP contribution in [0.5, 0.6) is 0 Å². The monoisotopic (exact) mass is 224 g/mol. The summed E-state index contributed by atoms with van der Waals surface area (Å²) >= 11 is 0. The fourth-order valence-corrected chi connectivity index (χ4v) is 1.80. The van der Waals surface area contributed by atoms with Gasteiger partial charge in [0.25, 0.3) is 0 Å². The van der Waals surface area contributed by atoms with E-state index in [1.54, 1.807) is 0 Å². The maximum Gasteiger partial charge on any atom is 0.137 e. The zero-order chi connectivity index (χ0) is 11.8. The number of nitrogens with zero attached hydrogens (tertiary/aromatic N) is 2. The molecule has 0 aliphatic heterocycles. The first kappa shape index (κ1) is 9.72. The maximum absolute atomic E-state index is 5.73. The number of nitrogen functional groups attached to an aromatic ring is 2. The second-order valence-electron chi connectivity index (χ2n) is 3.98. The molecule has 0 aliphatic rings. The Morgan fingerprint density at radius 1 is 0.824 bits per heavy atom. The first-order valence-corrected chi connectivity index (χ1v) is 5.32. The van der Waals surface area contributed by atoms with Gasteiger partial charge in [0, 0.05) is 29.3 Å². The number of pyridine rings is 1. The summed E-state index contributed by atoms with van der Waals surface area (Å²) in [6.07, 6.45) is 3.81. The average molecular weight is 224 g/mol. The van der Waals surface area contributed by atoms with Crippen molar-refractivity contribution in [2.45, 2.75) is 0 Å². The van der Waals surface area contributed by atoms with Crippen LogP contribution in [0.15, 0.2) is 48.8 Å². The molecule has 4 N–H and O–H groups in total. The van der Waals surface area contributed by atoms with Gasteiger partial charge in [-0.15, -0.1) is 0 Å². The lowest BCUT2D eigenvalue weighted by Gasteiger charge is -1.96. The molecule has 2 aromatic heterocycles. The predicted molar refractivity (Wildman–Crippen MR) is 69.5 cm³/mol. The summed E-state index contributed by atoms with van der Waals surface area (Å²) in [5, 5.41) is 0. The van der Waals surface area contributed by atoms with Crippen molar-refractivity contribution < 1.29 is 0 Å². The van der Waals surface area contributed by atoms with Gasteiger partial charge in [0.1, 0.15) is 5.65 Å². The van der Waals surface area contributed by atoms with E-state index in [1.807, 2.05) is 53.2 Å². The topological polar surface area (TPSA) is 69.3 Å². The van der Waals surface area contributed by atoms with Crippen LogP contribution in [-0.2, 0) is 0 Å². The summed E-state index contributed by atoms with van der Waals surface area (Å²) < 4.78 is 1.92. The quantitative estimate of drug-likeness (QED) is 0.622. The number of hydrogen-bond donors (Lipinski definition) is 2. The Morgan fingerprint density at radius 2 is 1.53 bits per heavy atom. The lowest BCUT2D eigenvalue weighted by Crippen LogP contribution is -1.88. The summed E-state index contributed by atoms with van der Waals surface area (Å²) in [6, 6.07) is 11.4. The Hall–Kier alpha value is -2.49. The Bertz CT molecular complexity index is 667. The van der Waals surface area contributed by atoms with E-state index >= 15 is 0 Å². The van der Waals surface area contributed by atoms with Crippen molar-refractivity contribution in [2.24, 2.45) is 0 Å². The lowest BCUT2D eigenvalue weighted by molar-refractivity contribution is 1.19. The molecule has 0 unspecified atom stereocenters. The number of fused-ring (bicyclic) bond motifs is 1. The van der Waals surface area contributed by atoms with Crippen LogP contribution >= 0.6 is 0 Å². The highest BCUT2D eigenvalue weighted by molar-refractivity contribution is 5.65. The molecular weight excluding hydrogens is 212 g/mol. The molecule has 4 nitrogen and oxygen atoms in total. The van der Waals surface area contributed by atoms with E-state index in [0.717, 1.165) is 28.3 Å². The van der Waals surface area contributed by atoms with E-state index in [-0.39, 0.29) is 0 Å². The molecule has 17 heavy (non-hydrogen) atoms. The molecule has 0 radical (unpaired) electrons. The SMILES string of the molecule is Nc1ccc(-c2cn3cc(N)ccc3n2)cc1. The molecule has 4 heteroatoms. The second kappa shape index (κ2) is 3.52. The smallest absolute Gasteiger partial charge is 0.137 e. The van der Waals surface area contributed by atoms with Gasteiger partial charge in [0.2, 0.25) is 0 Å². The van der Waals surface area contributed by atoms with E-state index in [9.17, 15) is 0 Å². The van der Waals surface area contributed by atoms with Crippen LogP contribution in [0, 0.1) is 0 Å². The lowest BCUT2D eigenvalue weighted by atomic mass is 10.1. The number of hydrogen-bond acceptors (Lipinski definition) is 3. The van der Waals surface area contributed by atoms with Gasteiger partial charge in [-0.1, -0.05) is 12.1 Å². The molecular formula is C13H12N4. The van der Waals surface area contributed by atoms with Crippen LogP contribution in [-0.4, -0.2) is 9.38 Å². The van der Waals surface area contributed by atoms with Crippen LogP contribution in [0.2, 0.25) is 0 Å². The Balaban J connectivity index is 2.14. The standard InChI is InChI=1S/C13H12N4/c14-10-3-1-9(2-4-10)12-8-17-7-11(15)5-6-13(17)16-12/h1-8H,14-15H2. The molecule has 0 fully saturated rings. The van der Waals surface area contributed by atoms with Gasteiger partial charge < -0.3 is 15.9 Å². The van der Waals surface area contributed by atoms with Crippen molar-refractivity contribution in [1.82, 2.24) is 9.38 Å². The Labute approximate surface area is 98.5 Å². The minimum absolute atomic E-state index is 0.721. The summed E-state index contributed by atoms with van der Waals surface area (Å²) in [6.45, 7) is 0. The summed E-state index contributed by atoms with van der Waals surface area (Å²) in [5.41, 5.74) is 15.7. The van der Waals surface area contributed by atoms with Crippen molar-refractivity contribution >= 4 is 17.0 Å². The van der Waals surface area contributed by atoms with E-state index < -0.39 is 0 Å². The fourth-order valence-electron chi connectivity index (χ4n) is 1.80. The number of imidazole rings is 1. The molecule has 3 rings (SSSR count). The molecule has 84 valence electrons. The third kappa shape index (κ3) is 1.69. The van der Waals surface area contributed by atoms with E-state index in [1.165, 1.54) is 0 Å². The molecule has 0 atom stereocenters. The molecule has 0 saturated heterocycles. The van der Waals surface area contributed by atoms with Crippen molar-refractivity contribution in [2.75, 3.05) is 11.5 Å². The summed E-state index contributed by atoms with van der Waals surface area (Å²) in [7, 11) is 0. The normalized spacial score (nSPS) is 10.8. The van der Waals surface area contributed by atoms with Gasteiger partial charge in [-0.25, -0.2) is 4.98 Å².